The minimum atomic E-state index is -0.0846. The lowest BCUT2D eigenvalue weighted by Gasteiger charge is -1.97. The first-order chi connectivity index (χ1) is 6.13. The van der Waals surface area contributed by atoms with E-state index >= 15 is 0 Å². The van der Waals surface area contributed by atoms with Gasteiger partial charge in [0.1, 0.15) is 6.54 Å². The van der Waals surface area contributed by atoms with Gasteiger partial charge < -0.3 is 5.32 Å². The number of carbonyl (C=O) groups is 1. The summed E-state index contributed by atoms with van der Waals surface area (Å²) in [7, 11) is 1.59. The molecule has 1 aromatic rings. The van der Waals surface area contributed by atoms with E-state index in [4.69, 9.17) is 0 Å². The van der Waals surface area contributed by atoms with Gasteiger partial charge in [0.15, 0.2) is 0 Å². The maximum Gasteiger partial charge on any atom is 0.241 e. The molecule has 0 fully saturated rings. The van der Waals surface area contributed by atoms with Crippen LogP contribution in [0, 0.1) is 0 Å². The molecular formula is C7H11BrN4O. The van der Waals surface area contributed by atoms with Crippen molar-refractivity contribution in [3.05, 3.63) is 11.9 Å². The number of hydrogen-bond donors (Lipinski definition) is 1. The van der Waals surface area contributed by atoms with Crippen LogP contribution in [0.1, 0.15) is 17.4 Å². The van der Waals surface area contributed by atoms with Gasteiger partial charge >= 0.3 is 0 Å². The monoisotopic (exact) mass is 246 g/mol. The van der Waals surface area contributed by atoms with E-state index in [0.717, 1.165) is 5.69 Å². The average molecular weight is 247 g/mol. The molecule has 6 heteroatoms. The summed E-state index contributed by atoms with van der Waals surface area (Å²) in [5, 5.41) is 10.2. The minimum absolute atomic E-state index is 0.0846. The Hall–Kier alpha value is -0.910. The van der Waals surface area contributed by atoms with Gasteiger partial charge in [-0.2, -0.15) is 0 Å². The molecule has 0 spiro atoms. The second kappa shape index (κ2) is 4.36. The van der Waals surface area contributed by atoms with Gasteiger partial charge in [-0.1, -0.05) is 21.1 Å². The number of aromatic nitrogens is 3. The van der Waals surface area contributed by atoms with Crippen LogP contribution < -0.4 is 5.32 Å². The number of nitrogens with zero attached hydrogens (tertiary/aromatic N) is 3. The van der Waals surface area contributed by atoms with Crippen molar-refractivity contribution in [3.8, 4) is 0 Å². The zero-order valence-corrected chi connectivity index (χ0v) is 9.08. The zero-order valence-electron chi connectivity index (χ0n) is 7.49. The van der Waals surface area contributed by atoms with Crippen molar-refractivity contribution in [1.29, 1.82) is 0 Å². The molecule has 1 rings (SSSR count). The Morgan fingerprint density at radius 3 is 3.00 bits per heavy atom. The molecule has 5 nitrogen and oxygen atoms in total. The first kappa shape index (κ1) is 10.2. The predicted molar refractivity (Wildman–Crippen MR) is 51.4 cm³/mol. The quantitative estimate of drug-likeness (QED) is 0.790. The van der Waals surface area contributed by atoms with Crippen LogP contribution in [0.2, 0.25) is 0 Å². The van der Waals surface area contributed by atoms with Crippen LogP contribution in [-0.4, -0.2) is 27.9 Å². The molecule has 1 unspecified atom stereocenters. The van der Waals surface area contributed by atoms with Crippen molar-refractivity contribution in [2.75, 3.05) is 7.05 Å². The molecule has 72 valence electrons. The molecule has 0 aliphatic carbocycles. The summed E-state index contributed by atoms with van der Waals surface area (Å²) in [6.45, 7) is 2.16. The van der Waals surface area contributed by atoms with Gasteiger partial charge in [0.05, 0.1) is 16.7 Å². The largest absolute Gasteiger partial charge is 0.358 e. The van der Waals surface area contributed by atoms with E-state index in [9.17, 15) is 4.79 Å². The van der Waals surface area contributed by atoms with E-state index in [2.05, 4.69) is 31.6 Å². The van der Waals surface area contributed by atoms with Gasteiger partial charge in [-0.05, 0) is 6.92 Å². The van der Waals surface area contributed by atoms with Crippen molar-refractivity contribution < 1.29 is 4.79 Å². The highest BCUT2D eigenvalue weighted by molar-refractivity contribution is 9.09. The van der Waals surface area contributed by atoms with Gasteiger partial charge in [0.25, 0.3) is 0 Å². The second-order valence-corrected chi connectivity index (χ2v) is 4.00. The maximum absolute atomic E-state index is 10.9. The number of halogens is 1. The molecule has 1 amide bonds. The van der Waals surface area contributed by atoms with E-state index in [1.807, 2.05) is 6.92 Å². The van der Waals surface area contributed by atoms with Gasteiger partial charge in [-0.3, -0.25) is 4.79 Å². The van der Waals surface area contributed by atoms with Crippen molar-refractivity contribution in [3.63, 3.8) is 0 Å². The lowest BCUT2D eigenvalue weighted by atomic mass is 10.4. The summed E-state index contributed by atoms with van der Waals surface area (Å²) in [5.41, 5.74) is 0.823. The number of likely N-dealkylation sites (N-methyl/N-ethyl adjacent to an activating group) is 1. The number of amides is 1. The van der Waals surface area contributed by atoms with Crippen LogP contribution in [0.4, 0.5) is 0 Å². The van der Waals surface area contributed by atoms with Crippen molar-refractivity contribution in [1.82, 2.24) is 20.3 Å². The Morgan fingerprint density at radius 2 is 2.54 bits per heavy atom. The third kappa shape index (κ3) is 2.80. The molecule has 0 aromatic carbocycles. The number of rotatable bonds is 3. The van der Waals surface area contributed by atoms with E-state index in [-0.39, 0.29) is 17.3 Å². The van der Waals surface area contributed by atoms with Crippen molar-refractivity contribution >= 4 is 21.8 Å². The van der Waals surface area contributed by atoms with Gasteiger partial charge in [-0.15, -0.1) is 5.10 Å². The van der Waals surface area contributed by atoms with Crippen LogP contribution in [0.15, 0.2) is 6.20 Å². The van der Waals surface area contributed by atoms with Crippen molar-refractivity contribution in [2.45, 2.75) is 18.3 Å². The second-order valence-electron chi connectivity index (χ2n) is 2.63. The Labute approximate surface area is 84.6 Å². The predicted octanol–water partition coefficient (Wildman–Crippen LogP) is 0.480. The Kier molecular flexibility index (Phi) is 3.41. The highest BCUT2D eigenvalue weighted by atomic mass is 79.9. The summed E-state index contributed by atoms with van der Waals surface area (Å²) < 4.78 is 1.51. The summed E-state index contributed by atoms with van der Waals surface area (Å²) in [6, 6.07) is 0. The molecule has 0 saturated heterocycles. The van der Waals surface area contributed by atoms with Gasteiger partial charge in [-0.25, -0.2) is 4.68 Å². The molecule has 0 aliphatic rings. The molecule has 1 aromatic heterocycles. The highest BCUT2D eigenvalue weighted by Crippen LogP contribution is 2.17. The molecule has 0 saturated carbocycles. The van der Waals surface area contributed by atoms with E-state index in [0.29, 0.717) is 0 Å². The Balaban J connectivity index is 2.64. The van der Waals surface area contributed by atoms with E-state index in [1.165, 1.54) is 4.68 Å². The third-order valence-electron chi connectivity index (χ3n) is 1.55. The topological polar surface area (TPSA) is 59.8 Å². The Morgan fingerprint density at radius 1 is 1.85 bits per heavy atom. The highest BCUT2D eigenvalue weighted by Gasteiger charge is 2.07. The molecule has 1 N–H and O–H groups in total. The number of hydrogen-bond acceptors (Lipinski definition) is 3. The maximum atomic E-state index is 10.9. The van der Waals surface area contributed by atoms with E-state index < -0.39 is 0 Å². The summed E-state index contributed by atoms with van der Waals surface area (Å²) in [5.74, 6) is -0.0846. The van der Waals surface area contributed by atoms with Crippen LogP contribution in [-0.2, 0) is 11.3 Å². The molecule has 0 radical (unpaired) electrons. The molecule has 1 atom stereocenters. The first-order valence-corrected chi connectivity index (χ1v) is 4.79. The summed E-state index contributed by atoms with van der Waals surface area (Å²) in [4.78, 5) is 11.1. The van der Waals surface area contributed by atoms with Crippen molar-refractivity contribution in [2.24, 2.45) is 0 Å². The SMILES string of the molecule is CNC(=O)Cn1cc(C(C)Br)nn1. The normalized spacial score (nSPS) is 12.5. The van der Waals surface area contributed by atoms with E-state index in [1.54, 1.807) is 13.2 Å². The smallest absolute Gasteiger partial charge is 0.241 e. The molecule has 0 aliphatic heterocycles. The summed E-state index contributed by atoms with van der Waals surface area (Å²) >= 11 is 3.36. The van der Waals surface area contributed by atoms with Crippen LogP contribution in [0.25, 0.3) is 0 Å². The summed E-state index contributed by atoms with van der Waals surface area (Å²) in [6.07, 6.45) is 1.74. The molecular weight excluding hydrogens is 236 g/mol. The Bertz CT molecular complexity index is 296. The minimum Gasteiger partial charge on any atom is -0.358 e. The van der Waals surface area contributed by atoms with Gasteiger partial charge in [0, 0.05) is 7.05 Å². The third-order valence-corrected chi connectivity index (χ3v) is 2.02. The van der Waals surface area contributed by atoms with Crippen LogP contribution in [0.3, 0.4) is 0 Å². The number of alkyl halides is 1. The van der Waals surface area contributed by atoms with Gasteiger partial charge in [0.2, 0.25) is 5.91 Å². The number of carbonyl (C=O) groups excluding carboxylic acids is 1. The number of nitrogens with one attached hydrogen (secondary N) is 1. The molecule has 0 bridgehead atoms. The molecule has 1 heterocycles. The molecule has 13 heavy (non-hydrogen) atoms. The average Bonchev–Trinajstić information content (AvgIpc) is 2.52. The van der Waals surface area contributed by atoms with Crippen LogP contribution >= 0.6 is 15.9 Å². The fourth-order valence-electron chi connectivity index (χ4n) is 0.799. The van der Waals surface area contributed by atoms with Crippen LogP contribution in [0.5, 0.6) is 0 Å². The fraction of sp³-hybridized carbons (Fsp3) is 0.571. The fourth-order valence-corrected chi connectivity index (χ4v) is 1.01. The lowest BCUT2D eigenvalue weighted by Crippen LogP contribution is -2.23. The zero-order chi connectivity index (χ0) is 9.84. The first-order valence-electron chi connectivity index (χ1n) is 3.88. The standard InChI is InChI=1S/C7H11BrN4O/c1-5(8)6-3-12(11-10-6)4-7(13)9-2/h3,5H,4H2,1-2H3,(H,9,13). The lowest BCUT2D eigenvalue weighted by molar-refractivity contribution is -0.121.